The van der Waals surface area contributed by atoms with Crippen molar-refractivity contribution in [1.82, 2.24) is 25.1 Å². The van der Waals surface area contributed by atoms with Gasteiger partial charge in [0.2, 0.25) is 0 Å². The molecule has 0 unspecified atom stereocenters. The molecule has 3 aromatic rings. The lowest BCUT2D eigenvalue weighted by Crippen LogP contribution is -2.55. The fourth-order valence-electron chi connectivity index (χ4n) is 3.50. The molecule has 1 saturated heterocycles. The fourth-order valence-corrected chi connectivity index (χ4v) is 3.70. The summed E-state index contributed by atoms with van der Waals surface area (Å²) < 4.78 is 2.15. The van der Waals surface area contributed by atoms with Gasteiger partial charge in [-0.1, -0.05) is 11.6 Å². The molecule has 2 aliphatic heterocycles. The van der Waals surface area contributed by atoms with Gasteiger partial charge < -0.3 is 10.3 Å². The maximum Gasteiger partial charge on any atom is 0.138 e. The zero-order chi connectivity index (χ0) is 14.0. The van der Waals surface area contributed by atoms with Crippen molar-refractivity contribution in [2.45, 2.75) is 18.4 Å². The summed E-state index contributed by atoms with van der Waals surface area (Å²) in [4.78, 5) is 7.49. The van der Waals surface area contributed by atoms with Crippen LogP contribution in [0, 0.1) is 0 Å². The second kappa shape index (κ2) is 3.87. The first-order valence-corrected chi connectivity index (χ1v) is 7.55. The third-order valence-corrected chi connectivity index (χ3v) is 5.14. The smallest absolute Gasteiger partial charge is 0.138 e. The third-order valence-electron chi connectivity index (χ3n) is 4.83. The SMILES string of the molecule is Clc1c[nH]c2ncc(-c3cc4n(n3)CCC43CNC3)cc12. The molecule has 2 aliphatic rings. The summed E-state index contributed by atoms with van der Waals surface area (Å²) in [7, 11) is 0. The highest BCUT2D eigenvalue weighted by Crippen LogP contribution is 2.40. The highest BCUT2D eigenvalue weighted by Gasteiger charge is 2.45. The number of aromatic nitrogens is 4. The molecule has 6 heteroatoms. The molecule has 0 saturated carbocycles. The Hall–Kier alpha value is -1.85. The fraction of sp³-hybridized carbons (Fsp3) is 0.333. The van der Waals surface area contributed by atoms with Gasteiger partial charge in [0.05, 0.1) is 10.7 Å². The van der Waals surface area contributed by atoms with Crippen molar-refractivity contribution in [2.24, 2.45) is 0 Å². The number of hydrogen-bond donors (Lipinski definition) is 2. The molecule has 1 spiro atoms. The van der Waals surface area contributed by atoms with Gasteiger partial charge in [-0.2, -0.15) is 5.10 Å². The lowest BCUT2D eigenvalue weighted by Gasteiger charge is -2.38. The molecule has 0 amide bonds. The summed E-state index contributed by atoms with van der Waals surface area (Å²) in [6.45, 7) is 3.15. The van der Waals surface area contributed by atoms with Crippen molar-refractivity contribution >= 4 is 22.6 Å². The normalized spacial score (nSPS) is 19.1. The summed E-state index contributed by atoms with van der Waals surface area (Å²) in [6, 6.07) is 4.28. The van der Waals surface area contributed by atoms with E-state index in [0.29, 0.717) is 10.4 Å². The van der Waals surface area contributed by atoms with Gasteiger partial charge in [0.25, 0.3) is 0 Å². The maximum absolute atomic E-state index is 6.18. The topological polar surface area (TPSA) is 58.5 Å². The first-order chi connectivity index (χ1) is 10.3. The number of aromatic amines is 1. The number of halogens is 1. The van der Waals surface area contributed by atoms with Crippen LogP contribution < -0.4 is 5.32 Å². The van der Waals surface area contributed by atoms with Gasteiger partial charge >= 0.3 is 0 Å². The highest BCUT2D eigenvalue weighted by atomic mass is 35.5. The van der Waals surface area contributed by atoms with E-state index in [4.69, 9.17) is 16.7 Å². The summed E-state index contributed by atoms with van der Waals surface area (Å²) in [5, 5.41) is 9.79. The van der Waals surface area contributed by atoms with Crippen LogP contribution in [0.2, 0.25) is 5.02 Å². The molecule has 5 heterocycles. The van der Waals surface area contributed by atoms with Crippen LogP contribution in [0.1, 0.15) is 12.1 Å². The minimum atomic E-state index is 0.314. The molecule has 0 aromatic carbocycles. The second-order valence-electron chi connectivity index (χ2n) is 6.03. The Morgan fingerprint density at radius 2 is 2.19 bits per heavy atom. The quantitative estimate of drug-likeness (QED) is 0.725. The maximum atomic E-state index is 6.18. The van der Waals surface area contributed by atoms with Crippen LogP contribution >= 0.6 is 11.6 Å². The molecule has 2 N–H and O–H groups in total. The van der Waals surface area contributed by atoms with Gasteiger partial charge in [-0.3, -0.25) is 4.68 Å². The number of pyridine rings is 1. The van der Waals surface area contributed by atoms with Gasteiger partial charge in [0.1, 0.15) is 5.65 Å². The van der Waals surface area contributed by atoms with E-state index >= 15 is 0 Å². The van der Waals surface area contributed by atoms with Gasteiger partial charge in [-0.05, 0) is 18.6 Å². The Balaban J connectivity index is 1.63. The average molecular weight is 300 g/mol. The molecular formula is C15H14ClN5. The first-order valence-electron chi connectivity index (χ1n) is 7.17. The van der Waals surface area contributed by atoms with E-state index in [1.807, 2.05) is 6.20 Å². The van der Waals surface area contributed by atoms with Crippen LogP contribution in [-0.4, -0.2) is 32.8 Å². The van der Waals surface area contributed by atoms with E-state index in [0.717, 1.165) is 41.9 Å². The molecule has 0 aliphatic carbocycles. The summed E-state index contributed by atoms with van der Waals surface area (Å²) in [5.41, 5.74) is 4.50. The molecule has 5 nitrogen and oxygen atoms in total. The van der Waals surface area contributed by atoms with Gasteiger partial charge in [-0.15, -0.1) is 0 Å². The molecule has 0 atom stereocenters. The molecule has 0 radical (unpaired) electrons. The number of nitrogens with zero attached hydrogens (tertiary/aromatic N) is 3. The summed E-state index contributed by atoms with van der Waals surface area (Å²) in [5.74, 6) is 0. The largest absolute Gasteiger partial charge is 0.345 e. The van der Waals surface area contributed by atoms with Crippen LogP contribution in [0.5, 0.6) is 0 Å². The van der Waals surface area contributed by atoms with E-state index in [1.165, 1.54) is 12.1 Å². The number of aryl methyl sites for hydroxylation is 1. The number of rotatable bonds is 1. The lowest BCUT2D eigenvalue weighted by atomic mass is 9.77. The second-order valence-corrected chi connectivity index (χ2v) is 6.44. The standard InChI is InChI=1S/C15H14ClN5/c16-11-6-19-14-10(11)3-9(5-18-14)12-4-13-15(7-17-8-15)1-2-21(13)20-12/h3-6,17H,1-2,7-8H2,(H,18,19). The lowest BCUT2D eigenvalue weighted by molar-refractivity contribution is 0.276. The van der Waals surface area contributed by atoms with Crippen molar-refractivity contribution in [3.8, 4) is 11.3 Å². The molecule has 106 valence electrons. The molecule has 21 heavy (non-hydrogen) atoms. The predicted molar refractivity (Wildman–Crippen MR) is 81.5 cm³/mol. The Bertz CT molecular complexity index is 858. The van der Waals surface area contributed by atoms with Crippen LogP contribution in [-0.2, 0) is 12.0 Å². The van der Waals surface area contributed by atoms with E-state index < -0.39 is 0 Å². The third kappa shape index (κ3) is 1.50. The number of nitrogens with one attached hydrogen (secondary N) is 2. The van der Waals surface area contributed by atoms with E-state index in [-0.39, 0.29) is 0 Å². The zero-order valence-electron chi connectivity index (χ0n) is 11.4. The van der Waals surface area contributed by atoms with Crippen LogP contribution in [0.4, 0.5) is 0 Å². The van der Waals surface area contributed by atoms with E-state index in [1.54, 1.807) is 6.20 Å². The first kappa shape index (κ1) is 11.8. The minimum absolute atomic E-state index is 0.314. The van der Waals surface area contributed by atoms with Crippen LogP contribution in [0.3, 0.4) is 0 Å². The van der Waals surface area contributed by atoms with Crippen LogP contribution in [0.15, 0.2) is 24.5 Å². The van der Waals surface area contributed by atoms with Gasteiger partial charge in [-0.25, -0.2) is 4.98 Å². The predicted octanol–water partition coefficient (Wildman–Crippen LogP) is 2.32. The Morgan fingerprint density at radius 3 is 3.00 bits per heavy atom. The summed E-state index contributed by atoms with van der Waals surface area (Å²) >= 11 is 6.18. The van der Waals surface area contributed by atoms with Gasteiger partial charge in [0, 0.05) is 54.1 Å². The highest BCUT2D eigenvalue weighted by molar-refractivity contribution is 6.35. The monoisotopic (exact) mass is 299 g/mol. The number of H-pyrrole nitrogens is 1. The van der Waals surface area contributed by atoms with Crippen molar-refractivity contribution in [3.05, 3.63) is 35.2 Å². The zero-order valence-corrected chi connectivity index (χ0v) is 12.1. The number of fused-ring (bicyclic) bond motifs is 3. The van der Waals surface area contributed by atoms with Crippen molar-refractivity contribution in [1.29, 1.82) is 0 Å². The van der Waals surface area contributed by atoms with E-state index in [2.05, 4.69) is 32.1 Å². The Kier molecular flexibility index (Phi) is 2.17. The van der Waals surface area contributed by atoms with E-state index in [9.17, 15) is 0 Å². The van der Waals surface area contributed by atoms with Crippen LogP contribution in [0.25, 0.3) is 22.3 Å². The Morgan fingerprint density at radius 1 is 1.29 bits per heavy atom. The number of hydrogen-bond acceptors (Lipinski definition) is 3. The summed E-state index contributed by atoms with van der Waals surface area (Å²) in [6.07, 6.45) is 4.83. The van der Waals surface area contributed by atoms with Gasteiger partial charge in [0.15, 0.2) is 0 Å². The van der Waals surface area contributed by atoms with Crippen molar-refractivity contribution in [2.75, 3.05) is 13.1 Å². The molecule has 3 aromatic heterocycles. The molecule has 0 bridgehead atoms. The van der Waals surface area contributed by atoms with Crippen molar-refractivity contribution in [3.63, 3.8) is 0 Å². The molecule has 5 rings (SSSR count). The molecular weight excluding hydrogens is 286 g/mol. The average Bonchev–Trinajstić information content (AvgIpc) is 3.10. The Labute approximate surface area is 126 Å². The molecule has 1 fully saturated rings. The van der Waals surface area contributed by atoms with Crippen molar-refractivity contribution < 1.29 is 0 Å². The minimum Gasteiger partial charge on any atom is -0.345 e.